The van der Waals surface area contributed by atoms with Crippen molar-refractivity contribution in [2.45, 2.75) is 30.9 Å². The minimum atomic E-state index is 0.588. The topological polar surface area (TPSA) is 16.1 Å². The smallest absolute Gasteiger partial charge is 0.129 e. The number of hydrogen-bond donors (Lipinski definition) is 0. The van der Waals surface area contributed by atoms with Crippen LogP contribution >= 0.6 is 23.4 Å². The monoisotopic (exact) mass is 256 g/mol. The van der Waals surface area contributed by atoms with Crippen LogP contribution in [0.1, 0.15) is 19.4 Å². The fourth-order valence-corrected chi connectivity index (χ4v) is 3.80. The molecule has 16 heavy (non-hydrogen) atoms. The molecule has 0 aliphatic carbocycles. The molecule has 0 spiro atoms. The lowest BCUT2D eigenvalue weighted by Gasteiger charge is -2.34. The van der Waals surface area contributed by atoms with Crippen molar-refractivity contribution in [1.82, 2.24) is 9.88 Å². The van der Waals surface area contributed by atoms with Crippen molar-refractivity contribution in [3.05, 3.63) is 29.0 Å². The normalized spacial score (nSPS) is 26.9. The van der Waals surface area contributed by atoms with E-state index < -0.39 is 0 Å². The lowest BCUT2D eigenvalue weighted by atomic mass is 10.2. The zero-order valence-corrected chi connectivity index (χ0v) is 11.3. The minimum absolute atomic E-state index is 0.588. The molecular weight excluding hydrogens is 240 g/mol. The molecule has 2 unspecified atom stereocenters. The van der Waals surface area contributed by atoms with E-state index in [1.165, 1.54) is 5.56 Å². The summed E-state index contributed by atoms with van der Waals surface area (Å²) < 4.78 is 0. The Balaban J connectivity index is 1.98. The first-order valence-electron chi connectivity index (χ1n) is 5.61. The van der Waals surface area contributed by atoms with E-state index in [4.69, 9.17) is 11.6 Å². The number of halogens is 1. The molecule has 4 heteroatoms. The Kier molecular flexibility index (Phi) is 4.11. The molecule has 2 atom stereocenters. The summed E-state index contributed by atoms with van der Waals surface area (Å²) in [4.78, 5) is 6.50. The third-order valence-corrected chi connectivity index (χ3v) is 4.13. The standard InChI is InChI=1S/C12H17ClN2S/c1-9-6-15(7-10(2)16-9)8-11-3-4-14-12(13)5-11/h3-5,9-10H,6-8H2,1-2H3. The van der Waals surface area contributed by atoms with Gasteiger partial charge in [-0.15, -0.1) is 0 Å². The van der Waals surface area contributed by atoms with Crippen molar-refractivity contribution < 1.29 is 0 Å². The molecule has 1 aromatic rings. The third-order valence-electron chi connectivity index (χ3n) is 2.69. The summed E-state index contributed by atoms with van der Waals surface area (Å²) in [5.74, 6) is 0. The first kappa shape index (κ1) is 12.2. The molecule has 1 fully saturated rings. The first-order chi connectivity index (χ1) is 7.63. The van der Waals surface area contributed by atoms with Crippen LogP contribution in [-0.2, 0) is 6.54 Å². The summed E-state index contributed by atoms with van der Waals surface area (Å²) in [5, 5.41) is 2.03. The molecule has 0 bridgehead atoms. The number of pyridine rings is 1. The Morgan fingerprint density at radius 1 is 1.44 bits per heavy atom. The number of aromatic nitrogens is 1. The maximum atomic E-state index is 5.89. The van der Waals surface area contributed by atoms with E-state index in [1.807, 2.05) is 12.1 Å². The van der Waals surface area contributed by atoms with Gasteiger partial charge in [-0.1, -0.05) is 25.4 Å². The molecule has 0 N–H and O–H groups in total. The molecule has 1 aliphatic heterocycles. The summed E-state index contributed by atoms with van der Waals surface area (Å²) >= 11 is 7.96. The Hall–Kier alpha value is -0.250. The van der Waals surface area contributed by atoms with Crippen LogP contribution in [0.4, 0.5) is 0 Å². The van der Waals surface area contributed by atoms with Crippen LogP contribution in [0.3, 0.4) is 0 Å². The maximum absolute atomic E-state index is 5.89. The predicted octanol–water partition coefficient (Wildman–Crippen LogP) is 3.06. The van der Waals surface area contributed by atoms with E-state index in [0.29, 0.717) is 5.15 Å². The van der Waals surface area contributed by atoms with E-state index in [0.717, 1.165) is 30.1 Å². The van der Waals surface area contributed by atoms with Gasteiger partial charge in [0, 0.05) is 36.3 Å². The van der Waals surface area contributed by atoms with Crippen LogP contribution < -0.4 is 0 Å². The fourth-order valence-electron chi connectivity index (χ4n) is 2.21. The Morgan fingerprint density at radius 2 is 2.12 bits per heavy atom. The lowest BCUT2D eigenvalue weighted by Crippen LogP contribution is -2.39. The third kappa shape index (κ3) is 3.37. The Morgan fingerprint density at radius 3 is 2.75 bits per heavy atom. The second-order valence-corrected chi connectivity index (χ2v) is 6.71. The molecule has 2 heterocycles. The lowest BCUT2D eigenvalue weighted by molar-refractivity contribution is 0.263. The van der Waals surface area contributed by atoms with Crippen LogP contribution in [0.5, 0.6) is 0 Å². The van der Waals surface area contributed by atoms with Crippen LogP contribution in [0, 0.1) is 0 Å². The molecule has 0 radical (unpaired) electrons. The van der Waals surface area contributed by atoms with Crippen LogP contribution in [0.2, 0.25) is 5.15 Å². The zero-order chi connectivity index (χ0) is 11.5. The van der Waals surface area contributed by atoms with E-state index in [2.05, 4.69) is 35.5 Å². The van der Waals surface area contributed by atoms with Crippen molar-refractivity contribution in [2.75, 3.05) is 13.1 Å². The van der Waals surface area contributed by atoms with Crippen LogP contribution in [0.15, 0.2) is 18.3 Å². The zero-order valence-electron chi connectivity index (χ0n) is 9.69. The second-order valence-electron chi connectivity index (χ2n) is 4.44. The average molecular weight is 257 g/mol. The van der Waals surface area contributed by atoms with Gasteiger partial charge in [0.15, 0.2) is 0 Å². The van der Waals surface area contributed by atoms with Gasteiger partial charge in [0.25, 0.3) is 0 Å². The summed E-state index contributed by atoms with van der Waals surface area (Å²) in [7, 11) is 0. The van der Waals surface area contributed by atoms with Crippen molar-refractivity contribution in [2.24, 2.45) is 0 Å². The SMILES string of the molecule is CC1CN(Cc2ccnc(Cl)c2)CC(C)S1. The van der Waals surface area contributed by atoms with Gasteiger partial charge in [0.1, 0.15) is 5.15 Å². The molecule has 88 valence electrons. The molecular formula is C12H17ClN2S. The van der Waals surface area contributed by atoms with Gasteiger partial charge >= 0.3 is 0 Å². The van der Waals surface area contributed by atoms with Crippen molar-refractivity contribution in [3.8, 4) is 0 Å². The molecule has 2 nitrogen and oxygen atoms in total. The van der Waals surface area contributed by atoms with Crippen LogP contribution in [-0.4, -0.2) is 33.5 Å². The number of thioether (sulfide) groups is 1. The Bertz CT molecular complexity index is 349. The van der Waals surface area contributed by atoms with Gasteiger partial charge in [-0.2, -0.15) is 11.8 Å². The average Bonchev–Trinajstić information content (AvgIpc) is 2.15. The summed E-state index contributed by atoms with van der Waals surface area (Å²) in [6.45, 7) is 7.90. The van der Waals surface area contributed by atoms with Gasteiger partial charge in [-0.25, -0.2) is 4.98 Å². The second kappa shape index (κ2) is 5.39. The molecule has 0 amide bonds. The predicted molar refractivity (Wildman–Crippen MR) is 71.0 cm³/mol. The highest BCUT2D eigenvalue weighted by molar-refractivity contribution is 8.00. The van der Waals surface area contributed by atoms with Gasteiger partial charge < -0.3 is 0 Å². The summed E-state index contributed by atoms with van der Waals surface area (Å²) in [6.07, 6.45) is 1.78. The van der Waals surface area contributed by atoms with Gasteiger partial charge in [-0.05, 0) is 17.7 Å². The number of nitrogens with zero attached hydrogens (tertiary/aromatic N) is 2. The highest BCUT2D eigenvalue weighted by atomic mass is 35.5. The summed E-state index contributed by atoms with van der Waals surface area (Å²) in [6, 6.07) is 4.00. The molecule has 1 aromatic heterocycles. The van der Waals surface area contributed by atoms with Gasteiger partial charge in [0.2, 0.25) is 0 Å². The molecule has 0 saturated carbocycles. The van der Waals surface area contributed by atoms with Crippen molar-refractivity contribution in [3.63, 3.8) is 0 Å². The van der Waals surface area contributed by atoms with Crippen LogP contribution in [0.25, 0.3) is 0 Å². The van der Waals surface area contributed by atoms with E-state index in [-0.39, 0.29) is 0 Å². The quantitative estimate of drug-likeness (QED) is 0.757. The maximum Gasteiger partial charge on any atom is 0.129 e. The number of rotatable bonds is 2. The largest absolute Gasteiger partial charge is 0.297 e. The minimum Gasteiger partial charge on any atom is -0.297 e. The Labute approximate surface area is 106 Å². The number of hydrogen-bond acceptors (Lipinski definition) is 3. The van der Waals surface area contributed by atoms with E-state index in [1.54, 1.807) is 6.20 Å². The highest BCUT2D eigenvalue weighted by Gasteiger charge is 2.21. The first-order valence-corrected chi connectivity index (χ1v) is 6.94. The fraction of sp³-hybridized carbons (Fsp3) is 0.583. The van der Waals surface area contributed by atoms with E-state index in [9.17, 15) is 0 Å². The van der Waals surface area contributed by atoms with Gasteiger partial charge in [0.05, 0.1) is 0 Å². The highest BCUT2D eigenvalue weighted by Crippen LogP contribution is 2.25. The molecule has 1 saturated heterocycles. The van der Waals surface area contributed by atoms with Crippen molar-refractivity contribution >= 4 is 23.4 Å². The van der Waals surface area contributed by atoms with Crippen molar-refractivity contribution in [1.29, 1.82) is 0 Å². The molecule has 2 rings (SSSR count). The molecule has 0 aromatic carbocycles. The van der Waals surface area contributed by atoms with E-state index >= 15 is 0 Å². The molecule has 1 aliphatic rings. The summed E-state index contributed by atoms with van der Waals surface area (Å²) in [5.41, 5.74) is 1.26. The van der Waals surface area contributed by atoms with Gasteiger partial charge in [-0.3, -0.25) is 4.90 Å².